The molecule has 0 amide bonds. The van der Waals surface area contributed by atoms with Gasteiger partial charge < -0.3 is 20.6 Å². The van der Waals surface area contributed by atoms with Crippen molar-refractivity contribution in [1.29, 1.82) is 10.5 Å². The van der Waals surface area contributed by atoms with E-state index >= 15 is 0 Å². The van der Waals surface area contributed by atoms with E-state index in [2.05, 4.69) is 30.3 Å². The second-order valence-corrected chi connectivity index (χ2v) is 10.0. The van der Waals surface area contributed by atoms with Crippen molar-refractivity contribution in [2.75, 3.05) is 42.7 Å². The SMILES string of the molecule is CN(C)c1nc(NCCNSc2ccc(C#N)c(C#N)c2)nc(Nc2cc(S(=O)(=O)O)ccc2C(=O)O)n1. The Kier molecular flexibility index (Phi) is 9.00. The Bertz CT molecular complexity index is 1550. The molecule has 196 valence electrons. The molecule has 0 aliphatic carbocycles. The Labute approximate surface area is 222 Å². The molecule has 3 aromatic rings. The lowest BCUT2D eigenvalue weighted by atomic mass is 10.1. The van der Waals surface area contributed by atoms with Crippen LogP contribution in [0.4, 0.5) is 23.5 Å². The van der Waals surface area contributed by atoms with Gasteiger partial charge in [-0.1, -0.05) is 0 Å². The van der Waals surface area contributed by atoms with Crippen molar-refractivity contribution in [3.8, 4) is 12.1 Å². The number of carboxylic acids is 1. The normalized spacial score (nSPS) is 10.8. The average molecular weight is 556 g/mol. The molecule has 38 heavy (non-hydrogen) atoms. The van der Waals surface area contributed by atoms with Crippen LogP contribution in [0.25, 0.3) is 0 Å². The molecule has 0 bridgehead atoms. The number of nitriles is 2. The lowest BCUT2D eigenvalue weighted by molar-refractivity contribution is 0.0698. The van der Waals surface area contributed by atoms with E-state index in [-0.39, 0.29) is 34.7 Å². The molecule has 1 aromatic heterocycles. The molecule has 0 radical (unpaired) electrons. The van der Waals surface area contributed by atoms with Gasteiger partial charge in [-0.2, -0.15) is 33.9 Å². The molecule has 0 saturated heterocycles. The average Bonchev–Trinajstić information content (AvgIpc) is 2.87. The Balaban J connectivity index is 1.72. The maximum absolute atomic E-state index is 11.6. The fourth-order valence-electron chi connectivity index (χ4n) is 2.93. The van der Waals surface area contributed by atoms with Gasteiger partial charge in [0, 0.05) is 32.1 Å². The zero-order valence-electron chi connectivity index (χ0n) is 20.0. The van der Waals surface area contributed by atoms with Gasteiger partial charge in [-0.15, -0.1) is 0 Å². The van der Waals surface area contributed by atoms with Crippen molar-refractivity contribution in [2.45, 2.75) is 9.79 Å². The number of aromatic nitrogens is 3. The molecule has 3 rings (SSSR count). The topological polar surface area (TPSA) is 217 Å². The van der Waals surface area contributed by atoms with Gasteiger partial charge in [-0.05, 0) is 48.3 Å². The maximum atomic E-state index is 11.6. The van der Waals surface area contributed by atoms with E-state index in [1.165, 1.54) is 11.9 Å². The predicted octanol–water partition coefficient (Wildman–Crippen LogP) is 2.08. The zero-order valence-corrected chi connectivity index (χ0v) is 21.6. The summed E-state index contributed by atoms with van der Waals surface area (Å²) in [4.78, 5) is 26.2. The Morgan fingerprint density at radius 1 is 1.03 bits per heavy atom. The van der Waals surface area contributed by atoms with Crippen LogP contribution >= 0.6 is 11.9 Å². The minimum Gasteiger partial charge on any atom is -0.478 e. The minimum atomic E-state index is -4.58. The molecule has 0 saturated carbocycles. The lowest BCUT2D eigenvalue weighted by Crippen LogP contribution is -2.20. The molecule has 0 fully saturated rings. The van der Waals surface area contributed by atoms with Crippen molar-refractivity contribution in [2.24, 2.45) is 0 Å². The maximum Gasteiger partial charge on any atom is 0.337 e. The number of carboxylic acid groups (broad SMARTS) is 1. The van der Waals surface area contributed by atoms with Gasteiger partial charge in [0.05, 0.1) is 27.3 Å². The summed E-state index contributed by atoms with van der Waals surface area (Å²) in [5, 5.41) is 33.3. The van der Waals surface area contributed by atoms with Crippen molar-refractivity contribution in [3.05, 3.63) is 53.1 Å². The zero-order chi connectivity index (χ0) is 27.9. The van der Waals surface area contributed by atoms with E-state index in [0.717, 1.165) is 23.1 Å². The smallest absolute Gasteiger partial charge is 0.337 e. The van der Waals surface area contributed by atoms with Gasteiger partial charge in [0.15, 0.2) is 0 Å². The summed E-state index contributed by atoms with van der Waals surface area (Å²) < 4.78 is 35.5. The Hall–Kier alpha value is -4.48. The van der Waals surface area contributed by atoms with E-state index in [4.69, 9.17) is 10.5 Å². The number of aromatic carboxylic acids is 1. The van der Waals surface area contributed by atoms with Gasteiger partial charge in [0.2, 0.25) is 17.8 Å². The van der Waals surface area contributed by atoms with Crippen LogP contribution in [0.3, 0.4) is 0 Å². The van der Waals surface area contributed by atoms with Gasteiger partial charge in [-0.25, -0.2) is 4.79 Å². The number of anilines is 4. The summed E-state index contributed by atoms with van der Waals surface area (Å²) in [6.45, 7) is 0.807. The number of hydrogen-bond acceptors (Lipinski definition) is 13. The van der Waals surface area contributed by atoms with Crippen molar-refractivity contribution in [3.63, 3.8) is 0 Å². The highest BCUT2D eigenvalue weighted by Crippen LogP contribution is 2.25. The molecular formula is C22H21N9O5S2. The molecule has 16 heteroatoms. The fourth-order valence-corrected chi connectivity index (χ4v) is 4.12. The minimum absolute atomic E-state index is 0.0647. The molecule has 5 N–H and O–H groups in total. The van der Waals surface area contributed by atoms with Crippen LogP contribution in [-0.4, -0.2) is 66.2 Å². The van der Waals surface area contributed by atoms with E-state index in [1.807, 2.05) is 12.1 Å². The van der Waals surface area contributed by atoms with Gasteiger partial charge >= 0.3 is 5.97 Å². The molecule has 0 spiro atoms. The number of hydrogen-bond donors (Lipinski definition) is 5. The molecular weight excluding hydrogens is 534 g/mol. The van der Waals surface area contributed by atoms with E-state index in [0.29, 0.717) is 18.7 Å². The summed E-state index contributed by atoms with van der Waals surface area (Å²) in [5.74, 6) is -1.00. The predicted molar refractivity (Wildman–Crippen MR) is 139 cm³/mol. The molecule has 0 atom stereocenters. The second kappa shape index (κ2) is 12.2. The standard InChI is InChI=1S/C22H21N9O5S2/c1-31(2)22-29-20(25-7-8-26-37-15-4-3-13(11-23)14(9-15)12-24)28-21(30-22)27-18-10-16(38(34,35)36)5-6-17(18)19(32)33/h3-6,9-10,26H,7-8H2,1-2H3,(H,32,33)(H,34,35,36)(H2,25,27,28,29,30). The Morgan fingerprint density at radius 2 is 1.74 bits per heavy atom. The monoisotopic (exact) mass is 555 g/mol. The first-order valence-corrected chi connectivity index (χ1v) is 12.9. The molecule has 0 aliphatic heterocycles. The number of nitrogens with zero attached hydrogens (tertiary/aromatic N) is 6. The molecule has 0 unspecified atom stereocenters. The van der Waals surface area contributed by atoms with Crippen molar-refractivity contribution in [1.82, 2.24) is 19.7 Å². The number of nitrogens with one attached hydrogen (secondary N) is 3. The molecule has 14 nitrogen and oxygen atoms in total. The molecule has 0 aliphatic rings. The summed E-state index contributed by atoms with van der Waals surface area (Å²) >= 11 is 1.28. The van der Waals surface area contributed by atoms with Crippen LogP contribution in [0.1, 0.15) is 21.5 Å². The van der Waals surface area contributed by atoms with Crippen LogP contribution in [0.15, 0.2) is 46.2 Å². The van der Waals surface area contributed by atoms with Crippen molar-refractivity contribution >= 4 is 51.6 Å². The van der Waals surface area contributed by atoms with E-state index in [1.54, 1.807) is 37.2 Å². The summed E-state index contributed by atoms with van der Waals surface area (Å²) in [5.41, 5.74) is 0.177. The highest BCUT2D eigenvalue weighted by atomic mass is 32.2. The highest BCUT2D eigenvalue weighted by Gasteiger charge is 2.18. The van der Waals surface area contributed by atoms with Gasteiger partial charge in [0.25, 0.3) is 10.1 Å². The molecule has 2 aromatic carbocycles. The number of carbonyl (C=O) groups is 1. The van der Waals surface area contributed by atoms with E-state index < -0.39 is 21.0 Å². The number of benzene rings is 2. The lowest BCUT2D eigenvalue weighted by Gasteiger charge is -2.15. The fraction of sp³-hybridized carbons (Fsp3) is 0.182. The first-order chi connectivity index (χ1) is 18.0. The van der Waals surface area contributed by atoms with Crippen LogP contribution in [0, 0.1) is 22.7 Å². The Morgan fingerprint density at radius 3 is 2.37 bits per heavy atom. The van der Waals surface area contributed by atoms with Gasteiger partial charge in [0.1, 0.15) is 12.1 Å². The first kappa shape index (κ1) is 28.1. The largest absolute Gasteiger partial charge is 0.478 e. The van der Waals surface area contributed by atoms with Crippen LogP contribution < -0.4 is 20.3 Å². The van der Waals surface area contributed by atoms with Crippen molar-refractivity contribution < 1.29 is 22.9 Å². The summed E-state index contributed by atoms with van der Waals surface area (Å²) in [6.07, 6.45) is 0. The van der Waals surface area contributed by atoms with E-state index in [9.17, 15) is 22.9 Å². The third kappa shape index (κ3) is 7.28. The third-order valence-electron chi connectivity index (χ3n) is 4.72. The molecule has 1 heterocycles. The highest BCUT2D eigenvalue weighted by molar-refractivity contribution is 7.97. The summed E-state index contributed by atoms with van der Waals surface area (Å²) in [7, 11) is -1.20. The van der Waals surface area contributed by atoms with Crippen LogP contribution in [0.5, 0.6) is 0 Å². The number of rotatable bonds is 11. The second-order valence-electron chi connectivity index (χ2n) is 7.64. The van der Waals surface area contributed by atoms with Crippen LogP contribution in [0.2, 0.25) is 0 Å². The quantitative estimate of drug-likeness (QED) is 0.130. The van der Waals surface area contributed by atoms with Crippen LogP contribution in [-0.2, 0) is 10.1 Å². The first-order valence-electron chi connectivity index (χ1n) is 10.6. The third-order valence-corrected chi connectivity index (χ3v) is 6.41. The van der Waals surface area contributed by atoms with Gasteiger partial charge in [-0.3, -0.25) is 9.27 Å². The summed E-state index contributed by atoms with van der Waals surface area (Å²) in [6, 6.07) is 11.8.